The molecule has 1 amide bonds. The zero-order valence-corrected chi connectivity index (χ0v) is 13.2. The smallest absolute Gasteiger partial charge is 0.322 e. The number of carbonyl (C=O) groups is 2. The summed E-state index contributed by atoms with van der Waals surface area (Å²) in [7, 11) is 0. The van der Waals surface area contributed by atoms with Gasteiger partial charge >= 0.3 is 5.97 Å². The van der Waals surface area contributed by atoms with E-state index < -0.39 is 5.97 Å². The fourth-order valence-corrected chi connectivity index (χ4v) is 2.31. The number of rotatable bonds is 5. The number of hydrogen-bond donors (Lipinski definition) is 2. The van der Waals surface area contributed by atoms with Gasteiger partial charge < -0.3 is 15.2 Å². The second-order valence-electron chi connectivity index (χ2n) is 5.18. The summed E-state index contributed by atoms with van der Waals surface area (Å²) in [5.41, 5.74) is 1.08. The molecule has 2 atom stereocenters. The average Bonchev–Trinajstić information content (AvgIpc) is 2.48. The molecule has 1 saturated heterocycles. The predicted octanol–water partition coefficient (Wildman–Crippen LogP) is 1.07. The fraction of sp³-hybridized carbons (Fsp3) is 0.467. The number of nitrogens with zero attached hydrogens (tertiary/aromatic N) is 1. The van der Waals surface area contributed by atoms with E-state index in [0.717, 1.165) is 5.56 Å². The Balaban J connectivity index is 0.00000242. The fourth-order valence-electron chi connectivity index (χ4n) is 2.31. The van der Waals surface area contributed by atoms with Crippen molar-refractivity contribution < 1.29 is 19.4 Å². The predicted molar refractivity (Wildman–Crippen MR) is 84.1 cm³/mol. The van der Waals surface area contributed by atoms with E-state index in [0.29, 0.717) is 13.2 Å². The number of carboxylic acid groups (broad SMARTS) is 1. The molecule has 1 heterocycles. The summed E-state index contributed by atoms with van der Waals surface area (Å²) in [4.78, 5) is 24.2. The standard InChI is InChI=1S/C15H20N2O4.ClH/c1-11-10-21-13(12-5-3-2-4-6-12)8-17(11)9-14(18)16-7-15(19)20;/h2-6,11,13H,7-10H2,1H3,(H,16,18)(H,19,20);1H. The molecule has 2 rings (SSSR count). The van der Waals surface area contributed by atoms with Crippen LogP contribution in [0.15, 0.2) is 30.3 Å². The van der Waals surface area contributed by atoms with Gasteiger partial charge in [-0.2, -0.15) is 0 Å². The maximum atomic E-state index is 11.7. The molecule has 0 saturated carbocycles. The summed E-state index contributed by atoms with van der Waals surface area (Å²) in [6, 6.07) is 10.0. The maximum Gasteiger partial charge on any atom is 0.322 e. The Kier molecular flexibility index (Phi) is 7.31. The minimum atomic E-state index is -1.04. The van der Waals surface area contributed by atoms with E-state index in [9.17, 15) is 9.59 Å². The Morgan fingerprint density at radius 1 is 1.36 bits per heavy atom. The molecule has 7 heteroatoms. The van der Waals surface area contributed by atoms with Crippen LogP contribution in [0, 0.1) is 0 Å². The van der Waals surface area contributed by atoms with Crippen LogP contribution in [0.3, 0.4) is 0 Å². The van der Waals surface area contributed by atoms with E-state index in [4.69, 9.17) is 9.84 Å². The largest absolute Gasteiger partial charge is 0.480 e. The number of nitrogens with one attached hydrogen (secondary N) is 1. The van der Waals surface area contributed by atoms with E-state index in [1.165, 1.54) is 0 Å². The maximum absolute atomic E-state index is 11.7. The highest BCUT2D eigenvalue weighted by Gasteiger charge is 2.28. The highest BCUT2D eigenvalue weighted by Crippen LogP contribution is 2.24. The first-order valence-electron chi connectivity index (χ1n) is 6.95. The zero-order chi connectivity index (χ0) is 15.2. The molecule has 0 aliphatic carbocycles. The normalized spacial score (nSPS) is 21.7. The molecule has 0 spiro atoms. The number of carbonyl (C=O) groups excluding carboxylic acids is 1. The summed E-state index contributed by atoms with van der Waals surface area (Å²) in [5.74, 6) is -1.32. The van der Waals surface area contributed by atoms with E-state index in [2.05, 4.69) is 5.32 Å². The first kappa shape index (κ1) is 18.4. The third-order valence-corrected chi connectivity index (χ3v) is 3.52. The lowest BCUT2D eigenvalue weighted by molar-refractivity contribution is -0.138. The number of carboxylic acids is 1. The Bertz CT molecular complexity index is 498. The summed E-state index contributed by atoms with van der Waals surface area (Å²) < 4.78 is 5.82. The van der Waals surface area contributed by atoms with E-state index in [1.54, 1.807) is 0 Å². The van der Waals surface area contributed by atoms with Crippen LogP contribution >= 0.6 is 12.4 Å². The lowest BCUT2D eigenvalue weighted by Crippen LogP contribution is -2.49. The first-order chi connectivity index (χ1) is 10.1. The van der Waals surface area contributed by atoms with Gasteiger partial charge in [-0.05, 0) is 12.5 Å². The van der Waals surface area contributed by atoms with Crippen LogP contribution in [0.4, 0.5) is 0 Å². The monoisotopic (exact) mass is 328 g/mol. The van der Waals surface area contributed by atoms with Gasteiger partial charge in [-0.3, -0.25) is 14.5 Å². The minimum Gasteiger partial charge on any atom is -0.480 e. The summed E-state index contributed by atoms with van der Waals surface area (Å²) in [5, 5.41) is 10.9. The summed E-state index contributed by atoms with van der Waals surface area (Å²) in [6.45, 7) is 2.99. The molecule has 0 radical (unpaired) electrons. The van der Waals surface area contributed by atoms with Gasteiger partial charge in [0.2, 0.25) is 5.91 Å². The van der Waals surface area contributed by atoms with Crippen LogP contribution in [0.1, 0.15) is 18.6 Å². The summed E-state index contributed by atoms with van der Waals surface area (Å²) in [6.07, 6.45) is -0.0605. The van der Waals surface area contributed by atoms with Gasteiger partial charge in [-0.1, -0.05) is 30.3 Å². The van der Waals surface area contributed by atoms with Crippen molar-refractivity contribution in [3.63, 3.8) is 0 Å². The van der Waals surface area contributed by atoms with Gasteiger partial charge in [0.15, 0.2) is 0 Å². The molecule has 6 nitrogen and oxygen atoms in total. The molecular weight excluding hydrogens is 308 g/mol. The van der Waals surface area contributed by atoms with Gasteiger partial charge in [0.05, 0.1) is 19.3 Å². The topological polar surface area (TPSA) is 78.9 Å². The number of halogens is 1. The van der Waals surface area contributed by atoms with Crippen LogP contribution in [-0.2, 0) is 14.3 Å². The number of benzene rings is 1. The molecule has 1 aliphatic heterocycles. The molecule has 0 bridgehead atoms. The minimum absolute atomic E-state index is 0. The van der Waals surface area contributed by atoms with Gasteiger partial charge in [-0.15, -0.1) is 12.4 Å². The molecule has 1 aliphatic rings. The molecule has 2 unspecified atom stereocenters. The number of hydrogen-bond acceptors (Lipinski definition) is 4. The van der Waals surface area contributed by atoms with Crippen LogP contribution in [-0.4, -0.2) is 54.2 Å². The number of morpholine rings is 1. The van der Waals surface area contributed by atoms with E-state index in [-0.39, 0.29) is 43.5 Å². The molecule has 2 N–H and O–H groups in total. The molecular formula is C15H21ClN2O4. The highest BCUT2D eigenvalue weighted by molar-refractivity contribution is 5.85. The first-order valence-corrected chi connectivity index (χ1v) is 6.95. The van der Waals surface area contributed by atoms with Crippen molar-refractivity contribution in [3.8, 4) is 0 Å². The van der Waals surface area contributed by atoms with Crippen LogP contribution < -0.4 is 5.32 Å². The van der Waals surface area contributed by atoms with E-state index >= 15 is 0 Å². The van der Waals surface area contributed by atoms with Crippen molar-refractivity contribution in [1.29, 1.82) is 0 Å². The number of ether oxygens (including phenoxy) is 1. The van der Waals surface area contributed by atoms with Crippen LogP contribution in [0.2, 0.25) is 0 Å². The molecule has 1 aromatic rings. The SMILES string of the molecule is CC1COC(c2ccccc2)CN1CC(=O)NCC(=O)O.Cl. The third kappa shape index (κ3) is 5.29. The van der Waals surface area contributed by atoms with Gasteiger partial charge in [0.25, 0.3) is 0 Å². The van der Waals surface area contributed by atoms with Crippen molar-refractivity contribution in [1.82, 2.24) is 10.2 Å². The molecule has 0 aromatic heterocycles. The highest BCUT2D eigenvalue weighted by atomic mass is 35.5. The number of aliphatic carboxylic acids is 1. The zero-order valence-electron chi connectivity index (χ0n) is 12.4. The van der Waals surface area contributed by atoms with E-state index in [1.807, 2.05) is 42.2 Å². The van der Waals surface area contributed by atoms with Crippen molar-refractivity contribution in [2.75, 3.05) is 26.2 Å². The Labute approximate surface area is 135 Å². The van der Waals surface area contributed by atoms with Crippen molar-refractivity contribution in [3.05, 3.63) is 35.9 Å². The number of amides is 1. The van der Waals surface area contributed by atoms with Crippen molar-refractivity contribution >= 4 is 24.3 Å². The lowest BCUT2D eigenvalue weighted by Gasteiger charge is -2.37. The quantitative estimate of drug-likeness (QED) is 0.845. The Morgan fingerprint density at radius 3 is 2.68 bits per heavy atom. The van der Waals surface area contributed by atoms with Gasteiger partial charge in [-0.25, -0.2) is 0 Å². The Morgan fingerprint density at radius 2 is 2.05 bits per heavy atom. The molecule has 122 valence electrons. The molecule has 22 heavy (non-hydrogen) atoms. The molecule has 1 fully saturated rings. The van der Waals surface area contributed by atoms with Crippen molar-refractivity contribution in [2.24, 2.45) is 0 Å². The van der Waals surface area contributed by atoms with Gasteiger partial charge in [0, 0.05) is 12.6 Å². The summed E-state index contributed by atoms with van der Waals surface area (Å²) >= 11 is 0. The second kappa shape index (κ2) is 8.73. The Hall–Kier alpha value is -1.63. The second-order valence-corrected chi connectivity index (χ2v) is 5.18. The van der Waals surface area contributed by atoms with Gasteiger partial charge in [0.1, 0.15) is 6.54 Å². The van der Waals surface area contributed by atoms with Crippen LogP contribution in [0.5, 0.6) is 0 Å². The lowest BCUT2D eigenvalue weighted by atomic mass is 10.1. The van der Waals surface area contributed by atoms with Crippen LogP contribution in [0.25, 0.3) is 0 Å². The van der Waals surface area contributed by atoms with Crippen molar-refractivity contribution in [2.45, 2.75) is 19.1 Å². The average molecular weight is 329 g/mol. The molecule has 1 aromatic carbocycles. The third-order valence-electron chi connectivity index (χ3n) is 3.52.